The third-order valence-electron chi connectivity index (χ3n) is 5.05. The Balaban J connectivity index is 1.59. The zero-order valence-electron chi connectivity index (χ0n) is 15.0. The van der Waals surface area contributed by atoms with E-state index in [2.05, 4.69) is 26.7 Å². The van der Waals surface area contributed by atoms with E-state index in [1.165, 1.54) is 12.8 Å². The highest BCUT2D eigenvalue weighted by Gasteiger charge is 2.21. The van der Waals surface area contributed by atoms with Gasteiger partial charge in [-0.15, -0.1) is 0 Å². The number of nitrogens with zero attached hydrogens (tertiary/aromatic N) is 3. The summed E-state index contributed by atoms with van der Waals surface area (Å²) in [6.45, 7) is 0. The van der Waals surface area contributed by atoms with Crippen LogP contribution in [0.15, 0.2) is 48.8 Å². The van der Waals surface area contributed by atoms with Crippen molar-refractivity contribution in [2.45, 2.75) is 37.8 Å². The fourth-order valence-electron chi connectivity index (χ4n) is 3.58. The molecule has 0 saturated heterocycles. The molecule has 4 rings (SSSR count). The topological polar surface area (TPSA) is 99.7 Å². The molecule has 1 aromatic carbocycles. The first kappa shape index (κ1) is 17.3. The van der Waals surface area contributed by atoms with E-state index in [0.717, 1.165) is 35.1 Å². The Bertz CT molecular complexity index is 993. The van der Waals surface area contributed by atoms with Gasteiger partial charge in [-0.2, -0.15) is 5.26 Å². The molecule has 1 saturated carbocycles. The molecule has 0 unspecified atom stereocenters. The molecule has 6 nitrogen and oxygen atoms in total. The molecule has 2 heterocycles. The van der Waals surface area contributed by atoms with Crippen LogP contribution in [0.1, 0.15) is 31.4 Å². The fraction of sp³-hybridized carbons (Fsp3) is 0.286. The summed E-state index contributed by atoms with van der Waals surface area (Å²) in [6.07, 6.45) is 7.94. The summed E-state index contributed by atoms with van der Waals surface area (Å²) in [7, 11) is 0. The average molecular weight is 358 g/mol. The molecule has 27 heavy (non-hydrogen) atoms. The van der Waals surface area contributed by atoms with Crippen LogP contribution in [-0.4, -0.2) is 22.1 Å². The van der Waals surface area contributed by atoms with E-state index in [0.29, 0.717) is 11.4 Å². The number of hydrogen-bond acceptors (Lipinski definition) is 6. The summed E-state index contributed by atoms with van der Waals surface area (Å²) in [5.41, 5.74) is 9.90. The number of fused-ring (bicyclic) bond motifs is 1. The minimum atomic E-state index is 0.150. The van der Waals surface area contributed by atoms with Crippen LogP contribution in [0.4, 0.5) is 17.1 Å². The van der Waals surface area contributed by atoms with Gasteiger partial charge in [0.1, 0.15) is 6.07 Å². The highest BCUT2D eigenvalue weighted by atomic mass is 15.0. The first-order chi connectivity index (χ1) is 13.2. The van der Waals surface area contributed by atoms with Crippen molar-refractivity contribution in [2.24, 2.45) is 5.73 Å². The van der Waals surface area contributed by atoms with Crippen LogP contribution in [0.25, 0.3) is 10.9 Å². The van der Waals surface area contributed by atoms with Crippen LogP contribution in [0.5, 0.6) is 0 Å². The number of nitriles is 1. The second-order valence-corrected chi connectivity index (χ2v) is 6.97. The number of anilines is 3. The van der Waals surface area contributed by atoms with E-state index in [4.69, 9.17) is 5.73 Å². The van der Waals surface area contributed by atoms with Crippen LogP contribution in [-0.2, 0) is 0 Å². The van der Waals surface area contributed by atoms with Crippen LogP contribution < -0.4 is 16.4 Å². The lowest BCUT2D eigenvalue weighted by atomic mass is 9.91. The average Bonchev–Trinajstić information content (AvgIpc) is 2.70. The lowest BCUT2D eigenvalue weighted by Crippen LogP contribution is -2.42. The lowest BCUT2D eigenvalue weighted by molar-refractivity contribution is 0.404. The van der Waals surface area contributed by atoms with Gasteiger partial charge in [-0.25, -0.2) is 4.98 Å². The van der Waals surface area contributed by atoms with Crippen molar-refractivity contribution in [3.05, 3.63) is 54.5 Å². The zero-order chi connectivity index (χ0) is 18.6. The lowest BCUT2D eigenvalue weighted by Gasteiger charge is -2.30. The Kier molecular flexibility index (Phi) is 4.86. The number of rotatable bonds is 4. The zero-order valence-corrected chi connectivity index (χ0v) is 15.0. The molecule has 2 aromatic heterocycles. The molecule has 1 fully saturated rings. The highest BCUT2D eigenvalue weighted by Crippen LogP contribution is 2.27. The Labute approximate surface area is 158 Å². The van der Waals surface area contributed by atoms with Gasteiger partial charge in [-0.05, 0) is 37.1 Å². The molecule has 1 aliphatic carbocycles. The summed E-state index contributed by atoms with van der Waals surface area (Å²) in [6, 6.07) is 14.4. The van der Waals surface area contributed by atoms with Crippen LogP contribution in [0.2, 0.25) is 0 Å². The van der Waals surface area contributed by atoms with Gasteiger partial charge >= 0.3 is 0 Å². The van der Waals surface area contributed by atoms with Gasteiger partial charge in [0.25, 0.3) is 0 Å². The van der Waals surface area contributed by atoms with Crippen molar-refractivity contribution >= 4 is 28.0 Å². The van der Waals surface area contributed by atoms with E-state index in [9.17, 15) is 5.26 Å². The van der Waals surface area contributed by atoms with E-state index >= 15 is 0 Å². The molecule has 0 spiro atoms. The quantitative estimate of drug-likeness (QED) is 0.653. The molecule has 6 heteroatoms. The molecule has 0 bridgehead atoms. The van der Waals surface area contributed by atoms with Crippen molar-refractivity contribution in [3.8, 4) is 6.07 Å². The first-order valence-electron chi connectivity index (χ1n) is 9.27. The molecule has 136 valence electrons. The van der Waals surface area contributed by atoms with Crippen molar-refractivity contribution in [1.29, 1.82) is 5.26 Å². The maximum atomic E-state index is 9.42. The van der Waals surface area contributed by atoms with Crippen molar-refractivity contribution in [2.75, 3.05) is 10.6 Å². The predicted molar refractivity (Wildman–Crippen MR) is 108 cm³/mol. The van der Waals surface area contributed by atoms with E-state index in [1.807, 2.05) is 36.4 Å². The van der Waals surface area contributed by atoms with Crippen molar-refractivity contribution in [1.82, 2.24) is 9.97 Å². The SMILES string of the molecule is N#Cc1ncc(N[C@@H]2CCCC[C@@H]2N)cc1Nc1ccc2cccnc2c1. The first-order valence-corrected chi connectivity index (χ1v) is 9.27. The molecule has 4 N–H and O–H groups in total. The summed E-state index contributed by atoms with van der Waals surface area (Å²) >= 11 is 0. The number of aromatic nitrogens is 2. The predicted octanol–water partition coefficient (Wildman–Crippen LogP) is 3.93. The molecule has 2 atom stereocenters. The van der Waals surface area contributed by atoms with Gasteiger partial charge in [0, 0.05) is 29.4 Å². The van der Waals surface area contributed by atoms with Crippen LogP contribution in [0.3, 0.4) is 0 Å². The highest BCUT2D eigenvalue weighted by molar-refractivity contribution is 5.83. The van der Waals surface area contributed by atoms with Crippen LogP contribution in [0, 0.1) is 11.3 Å². The van der Waals surface area contributed by atoms with Gasteiger partial charge < -0.3 is 16.4 Å². The molecule has 0 amide bonds. The van der Waals surface area contributed by atoms with Crippen LogP contribution >= 0.6 is 0 Å². The van der Waals surface area contributed by atoms with Gasteiger partial charge in [-0.3, -0.25) is 4.98 Å². The molecule has 0 radical (unpaired) electrons. The normalized spacial score (nSPS) is 19.4. The van der Waals surface area contributed by atoms with Crippen molar-refractivity contribution < 1.29 is 0 Å². The number of nitrogens with one attached hydrogen (secondary N) is 2. The Morgan fingerprint density at radius 3 is 2.81 bits per heavy atom. The number of benzene rings is 1. The minimum absolute atomic E-state index is 0.150. The van der Waals surface area contributed by atoms with Crippen molar-refractivity contribution in [3.63, 3.8) is 0 Å². The van der Waals surface area contributed by atoms with Gasteiger partial charge in [0.05, 0.1) is 23.1 Å². The molecule has 0 aliphatic heterocycles. The molecular weight excluding hydrogens is 336 g/mol. The van der Waals surface area contributed by atoms with E-state index < -0.39 is 0 Å². The third kappa shape index (κ3) is 3.83. The van der Waals surface area contributed by atoms with E-state index in [-0.39, 0.29) is 12.1 Å². The monoisotopic (exact) mass is 358 g/mol. The number of nitrogens with two attached hydrogens (primary N) is 1. The Morgan fingerprint density at radius 2 is 1.96 bits per heavy atom. The fourth-order valence-corrected chi connectivity index (χ4v) is 3.58. The number of hydrogen-bond donors (Lipinski definition) is 3. The Morgan fingerprint density at radius 1 is 1.07 bits per heavy atom. The summed E-state index contributed by atoms with van der Waals surface area (Å²) in [5.74, 6) is 0. The van der Waals surface area contributed by atoms with Gasteiger partial charge in [-0.1, -0.05) is 25.0 Å². The standard InChI is InChI=1S/C21H22N6/c22-12-21-20(26-15-8-7-14-4-3-9-24-19(14)10-15)11-16(13-25-21)27-18-6-2-1-5-17(18)23/h3-4,7-11,13,17-18,26-27H,1-2,5-6,23H2/t17-,18+/m0/s1. The molecule has 3 aromatic rings. The maximum absolute atomic E-state index is 9.42. The minimum Gasteiger partial charge on any atom is -0.379 e. The molecule has 1 aliphatic rings. The second-order valence-electron chi connectivity index (χ2n) is 6.97. The molecular formula is C21H22N6. The van der Waals surface area contributed by atoms with Gasteiger partial charge in [0.15, 0.2) is 5.69 Å². The summed E-state index contributed by atoms with van der Waals surface area (Å²) in [4.78, 5) is 8.69. The summed E-state index contributed by atoms with van der Waals surface area (Å²) < 4.78 is 0. The van der Waals surface area contributed by atoms with Gasteiger partial charge in [0.2, 0.25) is 0 Å². The largest absolute Gasteiger partial charge is 0.379 e. The third-order valence-corrected chi connectivity index (χ3v) is 5.05. The number of pyridine rings is 2. The maximum Gasteiger partial charge on any atom is 0.164 e. The smallest absolute Gasteiger partial charge is 0.164 e. The van der Waals surface area contributed by atoms with E-state index in [1.54, 1.807) is 12.4 Å². The summed E-state index contributed by atoms with van der Waals surface area (Å²) in [5, 5.41) is 17.3. The second kappa shape index (κ2) is 7.60. The Hall–Kier alpha value is -3.17.